The lowest BCUT2D eigenvalue weighted by molar-refractivity contribution is 0.0152. The molecule has 1 aromatic rings. The molecule has 0 saturated heterocycles. The summed E-state index contributed by atoms with van der Waals surface area (Å²) in [6.07, 6.45) is -2.49. The Labute approximate surface area is 111 Å². The monoisotopic (exact) mass is 321 g/mol. The third-order valence-electron chi connectivity index (χ3n) is 2.49. The van der Waals surface area contributed by atoms with E-state index in [4.69, 9.17) is 10.8 Å². The van der Waals surface area contributed by atoms with Gasteiger partial charge in [0.2, 0.25) is 0 Å². The van der Waals surface area contributed by atoms with Crippen LogP contribution in [0, 0.1) is 5.82 Å². The Morgan fingerprint density at radius 2 is 2.06 bits per heavy atom. The molecule has 0 heterocycles. The zero-order valence-electron chi connectivity index (χ0n) is 9.31. The van der Waals surface area contributed by atoms with Crippen molar-refractivity contribution in [3.63, 3.8) is 0 Å². The van der Waals surface area contributed by atoms with E-state index >= 15 is 0 Å². The average Bonchev–Trinajstić information content (AvgIpc) is 2.28. The maximum absolute atomic E-state index is 13.6. The number of hydrogen-bond acceptors (Lipinski definition) is 4. The van der Waals surface area contributed by atoms with Gasteiger partial charge in [-0.25, -0.2) is 9.18 Å². The molecule has 0 saturated carbocycles. The van der Waals surface area contributed by atoms with Gasteiger partial charge in [0, 0.05) is 16.6 Å². The van der Waals surface area contributed by atoms with Crippen molar-refractivity contribution in [3.05, 3.63) is 29.1 Å². The number of halogens is 2. The quantitative estimate of drug-likeness (QED) is 0.483. The minimum Gasteiger partial charge on any atom is -0.478 e. The van der Waals surface area contributed by atoms with Crippen LogP contribution in [0.5, 0.6) is 0 Å². The van der Waals surface area contributed by atoms with Crippen LogP contribution in [0.4, 0.5) is 10.1 Å². The van der Waals surface area contributed by atoms with Gasteiger partial charge in [0.1, 0.15) is 11.9 Å². The van der Waals surface area contributed by atoms with Crippen LogP contribution in [-0.2, 0) is 0 Å². The summed E-state index contributed by atoms with van der Waals surface area (Å²) in [6.45, 7) is 0. The summed E-state index contributed by atoms with van der Waals surface area (Å²) in [5, 5.41) is 28.6. The minimum absolute atomic E-state index is 0.202. The predicted octanol–water partition coefficient (Wildman–Crippen LogP) is 1.29. The SMILES string of the molecule is Nc1cc(F)c(C(O)C(O)CCBr)cc1C(=O)O. The van der Waals surface area contributed by atoms with Gasteiger partial charge in [-0.3, -0.25) is 0 Å². The van der Waals surface area contributed by atoms with Gasteiger partial charge in [0.25, 0.3) is 0 Å². The second-order valence-electron chi connectivity index (χ2n) is 3.76. The van der Waals surface area contributed by atoms with Crippen LogP contribution >= 0.6 is 15.9 Å². The van der Waals surface area contributed by atoms with Crippen LogP contribution in [0.1, 0.15) is 28.4 Å². The molecule has 0 aliphatic rings. The number of aliphatic hydroxyl groups excluding tert-OH is 2. The van der Waals surface area contributed by atoms with Crippen molar-refractivity contribution in [2.24, 2.45) is 0 Å². The fourth-order valence-corrected chi connectivity index (χ4v) is 1.96. The second-order valence-corrected chi connectivity index (χ2v) is 4.55. The summed E-state index contributed by atoms with van der Waals surface area (Å²) < 4.78 is 13.6. The molecule has 0 radical (unpaired) electrons. The molecule has 0 bridgehead atoms. The van der Waals surface area contributed by atoms with Crippen LogP contribution in [0.15, 0.2) is 12.1 Å². The fourth-order valence-electron chi connectivity index (χ4n) is 1.49. The zero-order valence-corrected chi connectivity index (χ0v) is 10.9. The zero-order chi connectivity index (χ0) is 13.9. The molecule has 2 unspecified atom stereocenters. The van der Waals surface area contributed by atoms with Gasteiger partial charge in [0.05, 0.1) is 11.7 Å². The Morgan fingerprint density at radius 1 is 1.44 bits per heavy atom. The molecule has 5 nitrogen and oxygen atoms in total. The van der Waals surface area contributed by atoms with E-state index in [1.807, 2.05) is 0 Å². The van der Waals surface area contributed by atoms with E-state index in [2.05, 4.69) is 15.9 Å². The van der Waals surface area contributed by atoms with Crippen molar-refractivity contribution in [2.75, 3.05) is 11.1 Å². The summed E-state index contributed by atoms with van der Waals surface area (Å²) in [4.78, 5) is 10.8. The first-order valence-corrected chi connectivity index (χ1v) is 6.25. The summed E-state index contributed by atoms with van der Waals surface area (Å²) in [7, 11) is 0. The molecule has 0 aromatic heterocycles. The maximum Gasteiger partial charge on any atom is 0.337 e. The Balaban J connectivity index is 3.15. The van der Waals surface area contributed by atoms with E-state index in [1.165, 1.54) is 0 Å². The molecule has 1 aromatic carbocycles. The molecule has 5 N–H and O–H groups in total. The maximum atomic E-state index is 13.6. The van der Waals surface area contributed by atoms with Crippen LogP contribution < -0.4 is 5.73 Å². The number of carboxylic acids is 1. The molecule has 18 heavy (non-hydrogen) atoms. The topological polar surface area (TPSA) is 104 Å². The van der Waals surface area contributed by atoms with Crippen LogP contribution in [-0.4, -0.2) is 32.7 Å². The van der Waals surface area contributed by atoms with Crippen molar-refractivity contribution >= 4 is 27.6 Å². The van der Waals surface area contributed by atoms with Crippen LogP contribution in [0.3, 0.4) is 0 Å². The lowest BCUT2D eigenvalue weighted by Crippen LogP contribution is -2.20. The van der Waals surface area contributed by atoms with Gasteiger partial charge < -0.3 is 21.1 Å². The van der Waals surface area contributed by atoms with E-state index in [0.717, 1.165) is 12.1 Å². The molecule has 0 aliphatic carbocycles. The molecular formula is C11H13BrFNO4. The molecule has 1 rings (SSSR count). The van der Waals surface area contributed by atoms with Crippen molar-refractivity contribution < 1.29 is 24.5 Å². The molecule has 0 amide bonds. The van der Waals surface area contributed by atoms with Crippen molar-refractivity contribution in [1.82, 2.24) is 0 Å². The Hall–Kier alpha value is -1.18. The summed E-state index contributed by atoms with van der Waals surface area (Å²) in [6, 6.07) is 1.76. The molecule has 2 atom stereocenters. The Kier molecular flexibility index (Phi) is 5.06. The fraction of sp³-hybridized carbons (Fsp3) is 0.364. The van der Waals surface area contributed by atoms with Gasteiger partial charge >= 0.3 is 5.97 Å². The first-order valence-electron chi connectivity index (χ1n) is 5.12. The van der Waals surface area contributed by atoms with Crippen molar-refractivity contribution in [3.8, 4) is 0 Å². The first kappa shape index (κ1) is 14.9. The number of nitrogen functional groups attached to an aromatic ring is 1. The van der Waals surface area contributed by atoms with Crippen LogP contribution in [0.2, 0.25) is 0 Å². The number of carbonyl (C=O) groups is 1. The highest BCUT2D eigenvalue weighted by molar-refractivity contribution is 9.09. The number of rotatable bonds is 5. The summed E-state index contributed by atoms with van der Waals surface area (Å²) >= 11 is 3.08. The Morgan fingerprint density at radius 3 is 2.56 bits per heavy atom. The van der Waals surface area contributed by atoms with Crippen LogP contribution in [0.25, 0.3) is 0 Å². The number of alkyl halides is 1. The molecule has 0 spiro atoms. The minimum atomic E-state index is -1.50. The number of benzene rings is 1. The normalized spacial score (nSPS) is 14.2. The van der Waals surface area contributed by atoms with Gasteiger partial charge in [-0.05, 0) is 18.6 Å². The number of hydrogen-bond donors (Lipinski definition) is 4. The third-order valence-corrected chi connectivity index (χ3v) is 2.95. The lowest BCUT2D eigenvalue weighted by Gasteiger charge is -2.18. The smallest absolute Gasteiger partial charge is 0.337 e. The standard InChI is InChI=1S/C11H13BrFNO4/c12-2-1-9(15)10(16)5-3-6(11(17)18)8(14)4-7(5)13/h3-4,9-10,15-16H,1-2,14H2,(H,17,18). The third kappa shape index (κ3) is 3.18. The van der Waals surface area contributed by atoms with E-state index in [1.54, 1.807) is 0 Å². The van der Waals surface area contributed by atoms with Crippen molar-refractivity contribution in [1.29, 1.82) is 0 Å². The number of nitrogens with two attached hydrogens (primary N) is 1. The number of aliphatic hydroxyl groups is 2. The van der Waals surface area contributed by atoms with Gasteiger partial charge in [-0.2, -0.15) is 0 Å². The van der Waals surface area contributed by atoms with E-state index < -0.39 is 24.0 Å². The molecular weight excluding hydrogens is 309 g/mol. The molecule has 0 fully saturated rings. The van der Waals surface area contributed by atoms with Gasteiger partial charge in [-0.1, -0.05) is 15.9 Å². The first-order chi connectivity index (χ1) is 8.38. The Bertz CT molecular complexity index is 455. The summed E-state index contributed by atoms with van der Waals surface area (Å²) in [5.41, 5.74) is 4.53. The van der Waals surface area contributed by atoms with E-state index in [-0.39, 0.29) is 23.2 Å². The highest BCUT2D eigenvalue weighted by Gasteiger charge is 2.23. The molecule has 0 aliphatic heterocycles. The van der Waals surface area contributed by atoms with Gasteiger partial charge in [0.15, 0.2) is 0 Å². The lowest BCUT2D eigenvalue weighted by atomic mass is 9.99. The van der Waals surface area contributed by atoms with Crippen molar-refractivity contribution in [2.45, 2.75) is 18.6 Å². The van der Waals surface area contributed by atoms with E-state index in [0.29, 0.717) is 5.33 Å². The average molecular weight is 322 g/mol. The van der Waals surface area contributed by atoms with E-state index in [9.17, 15) is 19.4 Å². The van der Waals surface area contributed by atoms with Gasteiger partial charge in [-0.15, -0.1) is 0 Å². The molecule has 100 valence electrons. The number of aromatic carboxylic acids is 1. The number of anilines is 1. The largest absolute Gasteiger partial charge is 0.478 e. The predicted molar refractivity (Wildman–Crippen MR) is 67.1 cm³/mol. The summed E-state index contributed by atoms with van der Waals surface area (Å²) in [5.74, 6) is -2.17. The highest BCUT2D eigenvalue weighted by atomic mass is 79.9. The number of carboxylic acid groups (broad SMARTS) is 1. The molecule has 7 heteroatoms. The second kappa shape index (κ2) is 6.12. The highest BCUT2D eigenvalue weighted by Crippen LogP contribution is 2.26.